The summed E-state index contributed by atoms with van der Waals surface area (Å²) in [6, 6.07) is 0. The minimum absolute atomic E-state index is 0.135. The predicted molar refractivity (Wildman–Crippen MR) is 68.9 cm³/mol. The van der Waals surface area contributed by atoms with Gasteiger partial charge in [-0.2, -0.15) is 0 Å². The van der Waals surface area contributed by atoms with E-state index in [2.05, 4.69) is 19.2 Å². The molecule has 100 valence electrons. The lowest BCUT2D eigenvalue weighted by molar-refractivity contribution is -0.143. The lowest BCUT2D eigenvalue weighted by Crippen LogP contribution is -2.49. The number of hydrogen-bond donors (Lipinski definition) is 1. The molecule has 1 saturated heterocycles. The van der Waals surface area contributed by atoms with Crippen LogP contribution in [-0.4, -0.2) is 49.7 Å². The topological polar surface area (TPSA) is 41.6 Å². The molecular weight excluding hydrogens is 216 g/mol. The highest BCUT2D eigenvalue weighted by Gasteiger charge is 2.22. The van der Waals surface area contributed by atoms with E-state index in [1.165, 1.54) is 0 Å². The van der Waals surface area contributed by atoms with Crippen molar-refractivity contribution in [2.24, 2.45) is 5.92 Å². The molecule has 0 radical (unpaired) electrons. The van der Waals surface area contributed by atoms with E-state index < -0.39 is 0 Å². The quantitative estimate of drug-likeness (QED) is 0.713. The van der Waals surface area contributed by atoms with E-state index >= 15 is 0 Å². The van der Waals surface area contributed by atoms with Crippen LogP contribution in [0.4, 0.5) is 0 Å². The van der Waals surface area contributed by atoms with Gasteiger partial charge in [0.15, 0.2) is 0 Å². The number of carbonyl (C=O) groups excluding carboxylic acids is 1. The van der Waals surface area contributed by atoms with Gasteiger partial charge in [-0.05, 0) is 25.7 Å². The molecule has 1 aliphatic heterocycles. The molecule has 1 rings (SSSR count). The molecule has 1 aliphatic rings. The highest BCUT2D eigenvalue weighted by molar-refractivity contribution is 5.80. The first-order valence-electron chi connectivity index (χ1n) is 6.72. The van der Waals surface area contributed by atoms with Crippen molar-refractivity contribution in [3.63, 3.8) is 0 Å². The van der Waals surface area contributed by atoms with Crippen molar-refractivity contribution in [1.29, 1.82) is 0 Å². The van der Waals surface area contributed by atoms with Gasteiger partial charge in [-0.3, -0.25) is 4.79 Å². The summed E-state index contributed by atoms with van der Waals surface area (Å²) in [4.78, 5) is 13.9. The molecule has 1 unspecified atom stereocenters. The third-order valence-electron chi connectivity index (χ3n) is 3.07. The lowest BCUT2D eigenvalue weighted by Gasteiger charge is -2.29. The van der Waals surface area contributed by atoms with Crippen molar-refractivity contribution in [2.75, 3.05) is 32.8 Å². The normalized spacial score (nSPS) is 18.5. The number of hydrogen-bond acceptors (Lipinski definition) is 3. The Morgan fingerprint density at radius 2 is 1.94 bits per heavy atom. The number of carbonyl (C=O) groups is 1. The number of nitrogens with one attached hydrogen (secondary N) is 1. The third kappa shape index (κ3) is 5.50. The van der Waals surface area contributed by atoms with Crippen LogP contribution in [0.3, 0.4) is 0 Å². The average molecular weight is 242 g/mol. The first-order chi connectivity index (χ1) is 8.11. The van der Waals surface area contributed by atoms with Crippen LogP contribution in [0, 0.1) is 5.92 Å². The molecule has 1 fully saturated rings. The summed E-state index contributed by atoms with van der Waals surface area (Å²) in [7, 11) is 0. The zero-order chi connectivity index (χ0) is 12.7. The number of rotatable bonds is 6. The van der Waals surface area contributed by atoms with E-state index in [9.17, 15) is 4.79 Å². The van der Waals surface area contributed by atoms with Gasteiger partial charge in [0.05, 0.1) is 0 Å². The Bertz CT molecular complexity index is 225. The summed E-state index contributed by atoms with van der Waals surface area (Å²) in [6.07, 6.45) is 1.91. The van der Waals surface area contributed by atoms with E-state index in [-0.39, 0.29) is 12.0 Å². The maximum Gasteiger partial charge on any atom is 0.251 e. The van der Waals surface area contributed by atoms with Crippen LogP contribution in [0.5, 0.6) is 0 Å². The summed E-state index contributed by atoms with van der Waals surface area (Å²) in [5.74, 6) is 0.842. The van der Waals surface area contributed by atoms with Gasteiger partial charge < -0.3 is 15.0 Å². The smallest absolute Gasteiger partial charge is 0.251 e. The SMILES string of the molecule is CC(C)CCCOC(C)C(=O)N1CCNCC1. The standard InChI is InChI=1S/C13H26N2O2/c1-11(2)5-4-10-17-12(3)13(16)15-8-6-14-7-9-15/h11-12,14H,4-10H2,1-3H3. The van der Waals surface area contributed by atoms with Crippen molar-refractivity contribution in [1.82, 2.24) is 10.2 Å². The zero-order valence-electron chi connectivity index (χ0n) is 11.4. The summed E-state index contributed by atoms with van der Waals surface area (Å²) in [5.41, 5.74) is 0. The maximum absolute atomic E-state index is 12.0. The molecule has 4 nitrogen and oxygen atoms in total. The molecule has 1 heterocycles. The number of ether oxygens (including phenoxy) is 1. The second-order valence-electron chi connectivity index (χ2n) is 5.12. The van der Waals surface area contributed by atoms with Crippen LogP contribution in [0.1, 0.15) is 33.6 Å². The fraction of sp³-hybridized carbons (Fsp3) is 0.923. The number of piperazine rings is 1. The van der Waals surface area contributed by atoms with Gasteiger partial charge in [-0.15, -0.1) is 0 Å². The van der Waals surface area contributed by atoms with Crippen LogP contribution in [0.25, 0.3) is 0 Å². The van der Waals surface area contributed by atoms with Crippen molar-refractivity contribution < 1.29 is 9.53 Å². The van der Waals surface area contributed by atoms with E-state index in [1.54, 1.807) is 0 Å². The average Bonchev–Trinajstić information content (AvgIpc) is 2.34. The molecular formula is C13H26N2O2. The highest BCUT2D eigenvalue weighted by atomic mass is 16.5. The summed E-state index contributed by atoms with van der Waals surface area (Å²) < 4.78 is 5.60. The van der Waals surface area contributed by atoms with Crippen molar-refractivity contribution >= 4 is 5.91 Å². The first-order valence-corrected chi connectivity index (χ1v) is 6.72. The monoisotopic (exact) mass is 242 g/mol. The Morgan fingerprint density at radius 1 is 1.29 bits per heavy atom. The molecule has 0 aromatic heterocycles. The Kier molecular flexibility index (Phi) is 6.52. The van der Waals surface area contributed by atoms with Crippen LogP contribution in [0.2, 0.25) is 0 Å². The largest absolute Gasteiger partial charge is 0.369 e. The molecule has 1 N–H and O–H groups in total. The fourth-order valence-corrected chi connectivity index (χ4v) is 1.97. The zero-order valence-corrected chi connectivity index (χ0v) is 11.4. The van der Waals surface area contributed by atoms with Gasteiger partial charge in [-0.1, -0.05) is 13.8 Å². The number of nitrogens with zero attached hydrogens (tertiary/aromatic N) is 1. The van der Waals surface area contributed by atoms with E-state index in [1.807, 2.05) is 11.8 Å². The minimum Gasteiger partial charge on any atom is -0.369 e. The molecule has 1 atom stereocenters. The molecule has 0 aliphatic carbocycles. The Balaban J connectivity index is 2.17. The second kappa shape index (κ2) is 7.67. The third-order valence-corrected chi connectivity index (χ3v) is 3.07. The van der Waals surface area contributed by atoms with Crippen LogP contribution >= 0.6 is 0 Å². The maximum atomic E-state index is 12.0. The summed E-state index contributed by atoms with van der Waals surface area (Å²) in [5, 5.41) is 3.24. The molecule has 0 aromatic carbocycles. The fourth-order valence-electron chi connectivity index (χ4n) is 1.97. The van der Waals surface area contributed by atoms with Gasteiger partial charge in [0.2, 0.25) is 0 Å². The molecule has 0 spiro atoms. The molecule has 1 amide bonds. The Hall–Kier alpha value is -0.610. The molecule has 17 heavy (non-hydrogen) atoms. The van der Waals surface area contributed by atoms with Crippen LogP contribution in [0.15, 0.2) is 0 Å². The lowest BCUT2D eigenvalue weighted by atomic mass is 10.1. The summed E-state index contributed by atoms with van der Waals surface area (Å²) >= 11 is 0. The van der Waals surface area contributed by atoms with Gasteiger partial charge >= 0.3 is 0 Å². The molecule has 0 saturated carbocycles. The van der Waals surface area contributed by atoms with Gasteiger partial charge in [0, 0.05) is 32.8 Å². The van der Waals surface area contributed by atoms with E-state index in [0.29, 0.717) is 12.5 Å². The van der Waals surface area contributed by atoms with Crippen molar-refractivity contribution in [3.8, 4) is 0 Å². The molecule has 4 heteroatoms. The molecule has 0 aromatic rings. The van der Waals surface area contributed by atoms with Crippen LogP contribution < -0.4 is 5.32 Å². The summed E-state index contributed by atoms with van der Waals surface area (Å²) in [6.45, 7) is 10.4. The van der Waals surface area contributed by atoms with E-state index in [4.69, 9.17) is 4.74 Å². The predicted octanol–water partition coefficient (Wildman–Crippen LogP) is 1.26. The van der Waals surface area contributed by atoms with Crippen molar-refractivity contribution in [2.45, 2.75) is 39.7 Å². The van der Waals surface area contributed by atoms with E-state index in [0.717, 1.165) is 39.0 Å². The van der Waals surface area contributed by atoms with Gasteiger partial charge in [0.25, 0.3) is 5.91 Å². The Morgan fingerprint density at radius 3 is 2.53 bits per heavy atom. The highest BCUT2D eigenvalue weighted by Crippen LogP contribution is 2.06. The van der Waals surface area contributed by atoms with Gasteiger partial charge in [-0.25, -0.2) is 0 Å². The minimum atomic E-state index is -0.291. The molecule has 0 bridgehead atoms. The van der Waals surface area contributed by atoms with Gasteiger partial charge in [0.1, 0.15) is 6.10 Å². The first kappa shape index (κ1) is 14.5. The van der Waals surface area contributed by atoms with Crippen LogP contribution in [-0.2, 0) is 9.53 Å². The Labute approximate surface area is 105 Å². The van der Waals surface area contributed by atoms with Crippen molar-refractivity contribution in [3.05, 3.63) is 0 Å². The second-order valence-corrected chi connectivity index (χ2v) is 5.12. The number of amides is 1.